The molecule has 0 N–H and O–H groups in total. The van der Waals surface area contributed by atoms with Crippen LogP contribution in [0.5, 0.6) is 5.88 Å². The molecule has 0 spiro atoms. The summed E-state index contributed by atoms with van der Waals surface area (Å²) in [7, 11) is 0. The summed E-state index contributed by atoms with van der Waals surface area (Å²) in [6.45, 7) is 5.72. The molecule has 2 aromatic heterocycles. The maximum atomic E-state index is 5.85. The maximum absolute atomic E-state index is 5.85. The number of aryl methyl sites for hydroxylation is 1. The summed E-state index contributed by atoms with van der Waals surface area (Å²) in [6.07, 6.45) is 8.17. The van der Waals surface area contributed by atoms with Gasteiger partial charge in [-0.1, -0.05) is 5.16 Å². The highest BCUT2D eigenvalue weighted by atomic mass is 16.5. The van der Waals surface area contributed by atoms with Gasteiger partial charge in [0.1, 0.15) is 5.76 Å². The molecule has 6 nitrogen and oxygen atoms in total. The molecular formula is C18H24N4O2. The fourth-order valence-corrected chi connectivity index (χ4v) is 3.24. The van der Waals surface area contributed by atoms with Crippen LogP contribution in [0.15, 0.2) is 23.0 Å². The third-order valence-electron chi connectivity index (χ3n) is 4.94. The van der Waals surface area contributed by atoms with E-state index in [2.05, 4.69) is 26.1 Å². The van der Waals surface area contributed by atoms with Gasteiger partial charge in [-0.2, -0.15) is 0 Å². The van der Waals surface area contributed by atoms with Crippen molar-refractivity contribution in [2.24, 2.45) is 5.92 Å². The van der Waals surface area contributed by atoms with Gasteiger partial charge in [-0.15, -0.1) is 0 Å². The Hall–Kier alpha value is -1.95. The molecule has 24 heavy (non-hydrogen) atoms. The standard InChI is InChI=1S/C18H24N4O2/c1-13-18(20-7-6-19-13)23-12-14-4-8-22(9-5-14)11-16-10-17(24-21-16)15-2-3-15/h6-7,10,14-15H,2-5,8-9,11-12H2,1H3. The van der Waals surface area contributed by atoms with Crippen LogP contribution in [-0.4, -0.2) is 39.7 Å². The van der Waals surface area contributed by atoms with Crippen LogP contribution < -0.4 is 4.74 Å². The fraction of sp³-hybridized carbons (Fsp3) is 0.611. The SMILES string of the molecule is Cc1nccnc1OCC1CCN(Cc2cc(C3CC3)on2)CC1. The number of nitrogens with zero attached hydrogens (tertiary/aromatic N) is 4. The Kier molecular flexibility index (Phi) is 4.47. The Morgan fingerprint density at radius 2 is 1.96 bits per heavy atom. The summed E-state index contributed by atoms with van der Waals surface area (Å²) in [5, 5.41) is 4.22. The van der Waals surface area contributed by atoms with Crippen molar-refractivity contribution in [2.75, 3.05) is 19.7 Å². The van der Waals surface area contributed by atoms with Gasteiger partial charge in [-0.25, -0.2) is 4.98 Å². The van der Waals surface area contributed by atoms with Crippen molar-refractivity contribution in [2.45, 2.75) is 45.1 Å². The molecule has 0 radical (unpaired) electrons. The zero-order valence-electron chi connectivity index (χ0n) is 14.1. The third kappa shape index (κ3) is 3.75. The second-order valence-electron chi connectivity index (χ2n) is 6.97. The van der Waals surface area contributed by atoms with E-state index >= 15 is 0 Å². The van der Waals surface area contributed by atoms with Crippen molar-refractivity contribution in [3.05, 3.63) is 35.6 Å². The highest BCUT2D eigenvalue weighted by Gasteiger charge is 2.28. The Labute approximate surface area is 142 Å². The Morgan fingerprint density at radius 3 is 2.71 bits per heavy atom. The number of hydrogen-bond donors (Lipinski definition) is 0. The van der Waals surface area contributed by atoms with Gasteiger partial charge in [0.25, 0.3) is 0 Å². The molecule has 1 aliphatic carbocycles. The van der Waals surface area contributed by atoms with Crippen molar-refractivity contribution in [1.29, 1.82) is 0 Å². The molecule has 1 aliphatic heterocycles. The van der Waals surface area contributed by atoms with Gasteiger partial charge < -0.3 is 9.26 Å². The van der Waals surface area contributed by atoms with E-state index in [1.165, 1.54) is 12.8 Å². The number of rotatable bonds is 6. The van der Waals surface area contributed by atoms with Gasteiger partial charge in [-0.3, -0.25) is 9.88 Å². The molecule has 0 bridgehead atoms. The second kappa shape index (κ2) is 6.89. The Bertz CT molecular complexity index is 675. The lowest BCUT2D eigenvalue weighted by Gasteiger charge is -2.31. The van der Waals surface area contributed by atoms with E-state index in [-0.39, 0.29) is 0 Å². The van der Waals surface area contributed by atoms with E-state index in [1.54, 1.807) is 12.4 Å². The zero-order valence-corrected chi connectivity index (χ0v) is 14.1. The van der Waals surface area contributed by atoms with E-state index in [0.717, 1.165) is 56.2 Å². The summed E-state index contributed by atoms with van der Waals surface area (Å²) in [6, 6.07) is 2.14. The molecule has 128 valence electrons. The largest absolute Gasteiger partial charge is 0.476 e. The third-order valence-corrected chi connectivity index (χ3v) is 4.94. The molecule has 4 rings (SSSR count). The van der Waals surface area contributed by atoms with E-state index in [1.807, 2.05) is 6.92 Å². The van der Waals surface area contributed by atoms with Crippen molar-refractivity contribution in [3.8, 4) is 5.88 Å². The minimum Gasteiger partial charge on any atom is -0.476 e. The summed E-state index contributed by atoms with van der Waals surface area (Å²) < 4.78 is 11.3. The fourth-order valence-electron chi connectivity index (χ4n) is 3.24. The van der Waals surface area contributed by atoms with Crippen LogP contribution in [-0.2, 0) is 6.54 Å². The highest BCUT2D eigenvalue weighted by Crippen LogP contribution is 2.40. The summed E-state index contributed by atoms with van der Waals surface area (Å²) in [5.74, 6) is 2.96. The van der Waals surface area contributed by atoms with Crippen molar-refractivity contribution >= 4 is 0 Å². The van der Waals surface area contributed by atoms with Gasteiger partial charge in [0.15, 0.2) is 0 Å². The minimum atomic E-state index is 0.585. The lowest BCUT2D eigenvalue weighted by atomic mass is 9.98. The smallest absolute Gasteiger partial charge is 0.235 e. The first kappa shape index (κ1) is 15.6. The molecule has 6 heteroatoms. The van der Waals surface area contributed by atoms with Crippen molar-refractivity contribution < 1.29 is 9.26 Å². The number of hydrogen-bond acceptors (Lipinski definition) is 6. The second-order valence-corrected chi connectivity index (χ2v) is 6.97. The monoisotopic (exact) mass is 328 g/mol. The average molecular weight is 328 g/mol. The molecule has 0 aromatic carbocycles. The van der Waals surface area contributed by atoms with E-state index in [9.17, 15) is 0 Å². The number of piperidine rings is 1. The molecule has 2 aliphatic rings. The van der Waals surface area contributed by atoms with Crippen LogP contribution in [0, 0.1) is 12.8 Å². The molecule has 2 aromatic rings. The maximum Gasteiger partial charge on any atom is 0.235 e. The van der Waals surface area contributed by atoms with Gasteiger partial charge in [0, 0.05) is 30.9 Å². The normalized spacial score (nSPS) is 19.5. The molecule has 2 fully saturated rings. The molecule has 1 saturated heterocycles. The van der Waals surface area contributed by atoms with E-state index in [0.29, 0.717) is 17.7 Å². The lowest BCUT2D eigenvalue weighted by Crippen LogP contribution is -2.35. The van der Waals surface area contributed by atoms with Crippen molar-refractivity contribution in [3.63, 3.8) is 0 Å². The number of aromatic nitrogens is 3. The first-order chi connectivity index (χ1) is 11.8. The number of ether oxygens (including phenoxy) is 1. The topological polar surface area (TPSA) is 64.3 Å². The lowest BCUT2D eigenvalue weighted by molar-refractivity contribution is 0.132. The predicted molar refractivity (Wildman–Crippen MR) is 88.7 cm³/mol. The van der Waals surface area contributed by atoms with Crippen LogP contribution in [0.25, 0.3) is 0 Å². The highest BCUT2D eigenvalue weighted by molar-refractivity contribution is 5.15. The molecule has 0 amide bonds. The number of likely N-dealkylation sites (tertiary alicyclic amines) is 1. The molecule has 3 heterocycles. The first-order valence-corrected chi connectivity index (χ1v) is 8.86. The van der Waals surface area contributed by atoms with Crippen LogP contribution in [0.3, 0.4) is 0 Å². The Balaban J connectivity index is 1.22. The molecule has 0 atom stereocenters. The van der Waals surface area contributed by atoms with Crippen molar-refractivity contribution in [1.82, 2.24) is 20.0 Å². The van der Waals surface area contributed by atoms with Crippen LogP contribution >= 0.6 is 0 Å². The van der Waals surface area contributed by atoms with Gasteiger partial charge >= 0.3 is 0 Å². The Morgan fingerprint density at radius 1 is 1.17 bits per heavy atom. The van der Waals surface area contributed by atoms with Crippen LogP contribution in [0.1, 0.15) is 48.7 Å². The average Bonchev–Trinajstić information content (AvgIpc) is 3.35. The van der Waals surface area contributed by atoms with Gasteiger partial charge in [0.2, 0.25) is 5.88 Å². The van der Waals surface area contributed by atoms with E-state index < -0.39 is 0 Å². The molecule has 0 unspecified atom stereocenters. The summed E-state index contributed by atoms with van der Waals surface area (Å²) in [4.78, 5) is 10.9. The summed E-state index contributed by atoms with van der Waals surface area (Å²) >= 11 is 0. The minimum absolute atomic E-state index is 0.585. The predicted octanol–water partition coefficient (Wildman–Crippen LogP) is 2.94. The molecular weight excluding hydrogens is 304 g/mol. The molecule has 1 saturated carbocycles. The quantitative estimate of drug-likeness (QED) is 0.812. The first-order valence-electron chi connectivity index (χ1n) is 8.86. The van der Waals surface area contributed by atoms with Gasteiger partial charge in [-0.05, 0) is 51.6 Å². The zero-order chi connectivity index (χ0) is 16.4. The van der Waals surface area contributed by atoms with Gasteiger partial charge in [0.05, 0.1) is 18.0 Å². The summed E-state index contributed by atoms with van der Waals surface area (Å²) in [5.41, 5.74) is 1.93. The van der Waals surface area contributed by atoms with E-state index in [4.69, 9.17) is 9.26 Å². The van der Waals surface area contributed by atoms with Crippen LogP contribution in [0.4, 0.5) is 0 Å². The van der Waals surface area contributed by atoms with Crippen LogP contribution in [0.2, 0.25) is 0 Å².